The van der Waals surface area contributed by atoms with Crippen molar-refractivity contribution in [3.63, 3.8) is 0 Å². The smallest absolute Gasteiger partial charge is 0.406 e. The van der Waals surface area contributed by atoms with E-state index in [4.69, 9.17) is 0 Å². The van der Waals surface area contributed by atoms with E-state index in [1.165, 1.54) is 24.3 Å². The quantitative estimate of drug-likeness (QED) is 0.756. The van der Waals surface area contributed by atoms with E-state index in [0.29, 0.717) is 25.9 Å². The van der Waals surface area contributed by atoms with Crippen LogP contribution in [-0.4, -0.2) is 42.6 Å². The number of ether oxygens (including phenoxy) is 1. The van der Waals surface area contributed by atoms with Crippen LogP contribution in [0, 0.1) is 0 Å². The summed E-state index contributed by atoms with van der Waals surface area (Å²) < 4.78 is 39.8. The Morgan fingerprint density at radius 3 is 2.59 bits per heavy atom. The first-order valence-corrected chi connectivity index (χ1v) is 6.87. The SMILES string of the molecule is O=C(NCCc1ccc(OC(F)(F)F)cc1)C1CC(O)CN1. The van der Waals surface area contributed by atoms with Crippen LogP contribution in [0.5, 0.6) is 5.75 Å². The van der Waals surface area contributed by atoms with Crippen LogP contribution in [0.15, 0.2) is 24.3 Å². The number of benzene rings is 1. The Kier molecular flexibility index (Phi) is 5.25. The maximum absolute atomic E-state index is 12.0. The minimum atomic E-state index is -4.70. The number of nitrogens with one attached hydrogen (secondary N) is 2. The summed E-state index contributed by atoms with van der Waals surface area (Å²) in [5.74, 6) is -0.460. The average molecular weight is 318 g/mol. The zero-order valence-electron chi connectivity index (χ0n) is 11.7. The summed E-state index contributed by atoms with van der Waals surface area (Å²) >= 11 is 0. The van der Waals surface area contributed by atoms with Crippen LogP contribution in [-0.2, 0) is 11.2 Å². The van der Waals surface area contributed by atoms with Crippen molar-refractivity contribution in [2.24, 2.45) is 0 Å². The van der Waals surface area contributed by atoms with Gasteiger partial charge >= 0.3 is 6.36 Å². The Balaban J connectivity index is 1.74. The first kappa shape index (κ1) is 16.6. The Morgan fingerprint density at radius 1 is 1.36 bits per heavy atom. The number of amides is 1. The molecule has 0 aliphatic carbocycles. The molecule has 0 bridgehead atoms. The molecule has 1 aromatic carbocycles. The lowest BCUT2D eigenvalue weighted by Gasteiger charge is -2.11. The molecule has 1 amide bonds. The highest BCUT2D eigenvalue weighted by Gasteiger charge is 2.31. The third-order valence-corrected chi connectivity index (χ3v) is 3.29. The molecule has 0 spiro atoms. The van der Waals surface area contributed by atoms with Gasteiger partial charge in [-0.1, -0.05) is 12.1 Å². The van der Waals surface area contributed by atoms with Crippen molar-refractivity contribution >= 4 is 5.91 Å². The number of carbonyl (C=O) groups is 1. The number of β-amino-alcohol motifs (C(OH)–C–C–N with tert-alkyl or cyclic N) is 1. The molecule has 1 fully saturated rings. The number of hydrogen-bond donors (Lipinski definition) is 3. The lowest BCUT2D eigenvalue weighted by atomic mass is 10.1. The van der Waals surface area contributed by atoms with Gasteiger partial charge in [-0.15, -0.1) is 13.2 Å². The third kappa shape index (κ3) is 5.19. The number of aliphatic hydroxyl groups excluding tert-OH is 1. The predicted octanol–water partition coefficient (Wildman–Crippen LogP) is 0.967. The maximum atomic E-state index is 12.0. The van der Waals surface area contributed by atoms with Gasteiger partial charge in [-0.3, -0.25) is 4.79 Å². The van der Waals surface area contributed by atoms with E-state index in [1.807, 2.05) is 0 Å². The molecule has 8 heteroatoms. The number of aliphatic hydroxyl groups is 1. The summed E-state index contributed by atoms with van der Waals surface area (Å²) in [5.41, 5.74) is 0.786. The van der Waals surface area contributed by atoms with E-state index in [0.717, 1.165) is 5.56 Å². The number of hydrogen-bond acceptors (Lipinski definition) is 4. The van der Waals surface area contributed by atoms with Crippen LogP contribution in [0.25, 0.3) is 0 Å². The fourth-order valence-electron chi connectivity index (χ4n) is 2.23. The minimum Gasteiger partial charge on any atom is -0.406 e. The summed E-state index contributed by atoms with van der Waals surface area (Å²) in [4.78, 5) is 11.8. The third-order valence-electron chi connectivity index (χ3n) is 3.29. The molecule has 22 heavy (non-hydrogen) atoms. The molecule has 2 unspecified atom stereocenters. The molecule has 122 valence electrons. The first-order valence-electron chi connectivity index (χ1n) is 6.87. The molecular weight excluding hydrogens is 301 g/mol. The van der Waals surface area contributed by atoms with Gasteiger partial charge in [0.1, 0.15) is 5.75 Å². The lowest BCUT2D eigenvalue weighted by molar-refractivity contribution is -0.274. The second-order valence-corrected chi connectivity index (χ2v) is 5.08. The molecule has 1 saturated heterocycles. The zero-order chi connectivity index (χ0) is 16.2. The number of carbonyl (C=O) groups excluding carboxylic acids is 1. The maximum Gasteiger partial charge on any atom is 0.573 e. The lowest BCUT2D eigenvalue weighted by Crippen LogP contribution is -2.41. The summed E-state index contributed by atoms with van der Waals surface area (Å²) in [6, 6.07) is 5.12. The predicted molar refractivity (Wildman–Crippen MR) is 72.3 cm³/mol. The van der Waals surface area contributed by atoms with E-state index in [9.17, 15) is 23.1 Å². The van der Waals surface area contributed by atoms with E-state index < -0.39 is 18.5 Å². The van der Waals surface area contributed by atoms with Gasteiger partial charge in [0.05, 0.1) is 12.1 Å². The fraction of sp³-hybridized carbons (Fsp3) is 0.500. The topological polar surface area (TPSA) is 70.6 Å². The van der Waals surface area contributed by atoms with Crippen LogP contribution in [0.4, 0.5) is 13.2 Å². The minimum absolute atomic E-state index is 0.187. The monoisotopic (exact) mass is 318 g/mol. The second-order valence-electron chi connectivity index (χ2n) is 5.08. The molecule has 0 radical (unpaired) electrons. The molecule has 2 atom stereocenters. The van der Waals surface area contributed by atoms with Crippen LogP contribution in [0.1, 0.15) is 12.0 Å². The van der Waals surface area contributed by atoms with Crippen LogP contribution < -0.4 is 15.4 Å². The van der Waals surface area contributed by atoms with Gasteiger partial charge in [-0.25, -0.2) is 0 Å². The van der Waals surface area contributed by atoms with Crippen molar-refractivity contribution in [2.75, 3.05) is 13.1 Å². The molecule has 0 aromatic heterocycles. The van der Waals surface area contributed by atoms with E-state index in [2.05, 4.69) is 15.4 Å². The van der Waals surface area contributed by atoms with Crippen molar-refractivity contribution < 1.29 is 27.8 Å². The standard InChI is InChI=1S/C14H17F3N2O3/c15-14(16,17)22-11-3-1-9(2-4-11)5-6-18-13(21)12-7-10(20)8-19-12/h1-4,10,12,19-20H,5-8H2,(H,18,21). The van der Waals surface area contributed by atoms with Crippen LogP contribution >= 0.6 is 0 Å². The molecule has 1 aliphatic rings. The highest BCUT2D eigenvalue weighted by molar-refractivity contribution is 5.82. The number of rotatable bonds is 5. The molecule has 5 nitrogen and oxygen atoms in total. The van der Waals surface area contributed by atoms with Gasteiger partial charge in [0.25, 0.3) is 0 Å². The van der Waals surface area contributed by atoms with Crippen molar-refractivity contribution in [3.05, 3.63) is 29.8 Å². The molecular formula is C14H17F3N2O3. The van der Waals surface area contributed by atoms with Gasteiger partial charge in [-0.05, 0) is 30.5 Å². The van der Waals surface area contributed by atoms with Crippen molar-refractivity contribution in [3.8, 4) is 5.75 Å². The van der Waals surface area contributed by atoms with Gasteiger partial charge in [0.15, 0.2) is 0 Å². The van der Waals surface area contributed by atoms with Crippen molar-refractivity contribution in [2.45, 2.75) is 31.3 Å². The van der Waals surface area contributed by atoms with Gasteiger partial charge in [0.2, 0.25) is 5.91 Å². The largest absolute Gasteiger partial charge is 0.573 e. The zero-order valence-corrected chi connectivity index (χ0v) is 11.7. The normalized spacial score (nSPS) is 21.6. The first-order chi connectivity index (χ1) is 10.3. The van der Waals surface area contributed by atoms with E-state index in [-0.39, 0.29) is 11.7 Å². The summed E-state index contributed by atoms with van der Waals surface area (Å²) in [5, 5.41) is 14.9. The molecule has 1 aliphatic heterocycles. The summed E-state index contributed by atoms with van der Waals surface area (Å²) in [6.07, 6.45) is -4.33. The van der Waals surface area contributed by atoms with Crippen molar-refractivity contribution in [1.82, 2.24) is 10.6 Å². The second kappa shape index (κ2) is 6.97. The highest BCUT2D eigenvalue weighted by Crippen LogP contribution is 2.22. The number of alkyl halides is 3. The van der Waals surface area contributed by atoms with Crippen LogP contribution in [0.3, 0.4) is 0 Å². The van der Waals surface area contributed by atoms with Gasteiger partial charge < -0.3 is 20.5 Å². The molecule has 2 rings (SSSR count). The molecule has 3 N–H and O–H groups in total. The number of halogens is 3. The molecule has 1 heterocycles. The fourth-order valence-corrected chi connectivity index (χ4v) is 2.23. The molecule has 0 saturated carbocycles. The highest BCUT2D eigenvalue weighted by atomic mass is 19.4. The molecule has 1 aromatic rings. The van der Waals surface area contributed by atoms with Gasteiger partial charge in [-0.2, -0.15) is 0 Å². The Bertz CT molecular complexity index is 505. The Morgan fingerprint density at radius 2 is 2.05 bits per heavy atom. The average Bonchev–Trinajstić information content (AvgIpc) is 2.86. The van der Waals surface area contributed by atoms with Crippen LogP contribution in [0.2, 0.25) is 0 Å². The Hall–Kier alpha value is -1.80. The Labute approximate surface area is 125 Å². The summed E-state index contributed by atoms with van der Waals surface area (Å²) in [7, 11) is 0. The summed E-state index contributed by atoms with van der Waals surface area (Å²) in [6.45, 7) is 0.769. The van der Waals surface area contributed by atoms with Crippen molar-refractivity contribution in [1.29, 1.82) is 0 Å². The van der Waals surface area contributed by atoms with E-state index >= 15 is 0 Å². The van der Waals surface area contributed by atoms with E-state index in [1.54, 1.807) is 0 Å². The van der Waals surface area contributed by atoms with Gasteiger partial charge in [0, 0.05) is 13.1 Å².